The molecule has 0 saturated heterocycles. The average molecular weight is 412 g/mol. The lowest BCUT2D eigenvalue weighted by Gasteiger charge is -2.04. The van der Waals surface area contributed by atoms with E-state index in [1.165, 1.54) is 33.4 Å². The lowest BCUT2D eigenvalue weighted by atomic mass is 10.0. The third-order valence-corrected chi connectivity index (χ3v) is 4.93. The van der Waals surface area contributed by atoms with Gasteiger partial charge in [-0.15, -0.1) is 0 Å². The molecule has 0 fully saturated rings. The first-order valence-electron chi connectivity index (χ1n) is 7.09. The van der Waals surface area contributed by atoms with E-state index in [1.807, 2.05) is 6.07 Å². The molecule has 0 unspecified atom stereocenters. The molecule has 1 aliphatic carbocycles. The van der Waals surface area contributed by atoms with Crippen molar-refractivity contribution in [3.8, 4) is 11.1 Å². The summed E-state index contributed by atoms with van der Waals surface area (Å²) in [6, 6.07) is 23.5. The summed E-state index contributed by atoms with van der Waals surface area (Å²) in [6.45, 7) is 0. The van der Waals surface area contributed by atoms with Crippen LogP contribution >= 0.6 is 31.9 Å². The minimum atomic E-state index is 1.11. The van der Waals surface area contributed by atoms with E-state index in [-0.39, 0.29) is 0 Å². The fourth-order valence-electron chi connectivity index (χ4n) is 2.96. The molecule has 0 aliphatic heterocycles. The zero-order valence-corrected chi connectivity index (χ0v) is 14.9. The Labute approximate surface area is 146 Å². The lowest BCUT2D eigenvalue weighted by molar-refractivity contribution is 1.60. The predicted molar refractivity (Wildman–Crippen MR) is 101 cm³/mol. The summed E-state index contributed by atoms with van der Waals surface area (Å²) in [5.41, 5.74) is 7.66. The summed E-state index contributed by atoms with van der Waals surface area (Å²) in [4.78, 5) is 0. The van der Waals surface area contributed by atoms with Gasteiger partial charge < -0.3 is 0 Å². The summed E-state index contributed by atoms with van der Waals surface area (Å²) in [5.74, 6) is 0. The van der Waals surface area contributed by atoms with Crippen LogP contribution in [-0.4, -0.2) is 0 Å². The van der Waals surface area contributed by atoms with Gasteiger partial charge in [-0.25, -0.2) is 0 Å². The minimum absolute atomic E-state index is 1.11. The molecule has 0 atom stereocenters. The van der Waals surface area contributed by atoms with Crippen molar-refractivity contribution in [1.29, 1.82) is 0 Å². The van der Waals surface area contributed by atoms with Gasteiger partial charge in [0.1, 0.15) is 0 Å². The molecular formula is C20H12Br2. The second kappa shape index (κ2) is 5.53. The first kappa shape index (κ1) is 14.0. The molecule has 3 aromatic rings. The Kier molecular flexibility index (Phi) is 3.51. The normalized spacial score (nSPS) is 12.0. The van der Waals surface area contributed by atoms with E-state index >= 15 is 0 Å². The maximum Gasteiger partial charge on any atom is 0.0181 e. The van der Waals surface area contributed by atoms with Gasteiger partial charge in [0.15, 0.2) is 0 Å². The number of halogens is 2. The van der Waals surface area contributed by atoms with Crippen LogP contribution in [0.2, 0.25) is 0 Å². The molecular weight excluding hydrogens is 400 g/mol. The topological polar surface area (TPSA) is 0 Å². The lowest BCUT2D eigenvalue weighted by Crippen LogP contribution is -1.82. The average Bonchev–Trinajstić information content (AvgIpc) is 2.81. The Balaban J connectivity index is 2.00. The Hall–Kier alpha value is -1.64. The zero-order chi connectivity index (χ0) is 15.1. The largest absolute Gasteiger partial charge is 0.0622 e. The molecule has 0 aromatic heterocycles. The van der Waals surface area contributed by atoms with Crippen LogP contribution in [0.1, 0.15) is 16.7 Å². The SMILES string of the molecule is Brc1ccc2c(c1)C(=Cc1ccccc1)c1cc(Br)ccc1-2. The highest BCUT2D eigenvalue weighted by Crippen LogP contribution is 2.46. The van der Waals surface area contributed by atoms with Gasteiger partial charge >= 0.3 is 0 Å². The molecule has 0 heterocycles. The van der Waals surface area contributed by atoms with E-state index in [2.05, 4.69) is 98.6 Å². The first-order chi connectivity index (χ1) is 10.7. The maximum atomic E-state index is 3.60. The molecule has 0 radical (unpaired) electrons. The van der Waals surface area contributed by atoms with Crippen LogP contribution in [0.15, 0.2) is 75.7 Å². The number of fused-ring (bicyclic) bond motifs is 3. The van der Waals surface area contributed by atoms with Crippen molar-refractivity contribution < 1.29 is 0 Å². The Morgan fingerprint density at radius 2 is 1.14 bits per heavy atom. The second-order valence-corrected chi connectivity index (χ2v) is 7.18. The van der Waals surface area contributed by atoms with E-state index in [1.54, 1.807) is 0 Å². The fraction of sp³-hybridized carbons (Fsp3) is 0. The zero-order valence-electron chi connectivity index (χ0n) is 11.7. The van der Waals surface area contributed by atoms with Crippen LogP contribution in [0.4, 0.5) is 0 Å². The highest BCUT2D eigenvalue weighted by molar-refractivity contribution is 9.10. The smallest absolute Gasteiger partial charge is 0.0181 e. The molecule has 0 bridgehead atoms. The highest BCUT2D eigenvalue weighted by atomic mass is 79.9. The van der Waals surface area contributed by atoms with E-state index < -0.39 is 0 Å². The first-order valence-corrected chi connectivity index (χ1v) is 8.68. The number of hydrogen-bond donors (Lipinski definition) is 0. The van der Waals surface area contributed by atoms with Gasteiger partial charge in [-0.2, -0.15) is 0 Å². The van der Waals surface area contributed by atoms with Gasteiger partial charge in [0.05, 0.1) is 0 Å². The molecule has 22 heavy (non-hydrogen) atoms. The minimum Gasteiger partial charge on any atom is -0.0622 e. The van der Waals surface area contributed by atoms with E-state index in [0.717, 1.165) is 8.95 Å². The molecule has 0 nitrogen and oxygen atoms in total. The van der Waals surface area contributed by atoms with Crippen LogP contribution in [0.3, 0.4) is 0 Å². The highest BCUT2D eigenvalue weighted by Gasteiger charge is 2.23. The molecule has 2 heteroatoms. The van der Waals surface area contributed by atoms with Crippen molar-refractivity contribution in [2.75, 3.05) is 0 Å². The molecule has 106 valence electrons. The van der Waals surface area contributed by atoms with Crippen LogP contribution in [0, 0.1) is 0 Å². The van der Waals surface area contributed by atoms with Crippen LogP contribution in [-0.2, 0) is 0 Å². The summed E-state index contributed by atoms with van der Waals surface area (Å²) >= 11 is 7.20. The van der Waals surface area contributed by atoms with Crippen LogP contribution in [0.5, 0.6) is 0 Å². The maximum absolute atomic E-state index is 3.60. The summed E-state index contributed by atoms with van der Waals surface area (Å²) in [5, 5.41) is 0. The van der Waals surface area contributed by atoms with Crippen LogP contribution in [0.25, 0.3) is 22.8 Å². The molecule has 4 rings (SSSR count). The van der Waals surface area contributed by atoms with Crippen LogP contribution < -0.4 is 0 Å². The van der Waals surface area contributed by atoms with Crippen molar-refractivity contribution in [3.05, 3.63) is 92.4 Å². The quantitative estimate of drug-likeness (QED) is 0.323. The third-order valence-electron chi connectivity index (χ3n) is 3.94. The van der Waals surface area contributed by atoms with E-state index in [9.17, 15) is 0 Å². The van der Waals surface area contributed by atoms with Gasteiger partial charge in [-0.05, 0) is 63.7 Å². The number of hydrogen-bond acceptors (Lipinski definition) is 0. The predicted octanol–water partition coefficient (Wildman–Crippen LogP) is 6.78. The summed E-state index contributed by atoms with van der Waals surface area (Å²) in [7, 11) is 0. The fourth-order valence-corrected chi connectivity index (χ4v) is 3.69. The monoisotopic (exact) mass is 410 g/mol. The molecule has 0 spiro atoms. The van der Waals surface area contributed by atoms with Crippen molar-refractivity contribution in [2.24, 2.45) is 0 Å². The summed E-state index contributed by atoms with van der Waals surface area (Å²) in [6.07, 6.45) is 2.27. The third kappa shape index (κ3) is 2.37. The van der Waals surface area contributed by atoms with Gasteiger partial charge in [0.25, 0.3) is 0 Å². The van der Waals surface area contributed by atoms with E-state index in [4.69, 9.17) is 0 Å². The molecule has 1 aliphatic rings. The second-order valence-electron chi connectivity index (χ2n) is 5.35. The number of rotatable bonds is 1. The molecule has 0 N–H and O–H groups in total. The molecule has 0 saturated carbocycles. The number of benzene rings is 3. The van der Waals surface area contributed by atoms with Gasteiger partial charge in [-0.3, -0.25) is 0 Å². The standard InChI is InChI=1S/C20H12Br2/c21-14-6-8-16-17-9-7-15(22)12-20(17)18(19(16)11-14)10-13-4-2-1-3-5-13/h1-12H. The van der Waals surface area contributed by atoms with Crippen molar-refractivity contribution in [3.63, 3.8) is 0 Å². The Morgan fingerprint density at radius 1 is 0.591 bits per heavy atom. The molecule has 3 aromatic carbocycles. The Bertz CT molecular complexity index is 839. The van der Waals surface area contributed by atoms with E-state index in [0.29, 0.717) is 0 Å². The van der Waals surface area contributed by atoms with Gasteiger partial charge in [0, 0.05) is 8.95 Å². The van der Waals surface area contributed by atoms with Crippen molar-refractivity contribution in [1.82, 2.24) is 0 Å². The Morgan fingerprint density at radius 3 is 1.68 bits per heavy atom. The van der Waals surface area contributed by atoms with Gasteiger partial charge in [-0.1, -0.05) is 74.3 Å². The molecule has 0 amide bonds. The summed E-state index contributed by atoms with van der Waals surface area (Å²) < 4.78 is 2.22. The van der Waals surface area contributed by atoms with Crippen molar-refractivity contribution >= 4 is 43.5 Å². The van der Waals surface area contributed by atoms with Gasteiger partial charge in [0.2, 0.25) is 0 Å². The van der Waals surface area contributed by atoms with Crippen molar-refractivity contribution in [2.45, 2.75) is 0 Å².